The predicted molar refractivity (Wildman–Crippen MR) is 67.4 cm³/mol. The van der Waals surface area contributed by atoms with Crippen LogP contribution in [0.4, 0.5) is 0 Å². The van der Waals surface area contributed by atoms with Crippen molar-refractivity contribution in [3.63, 3.8) is 0 Å². The van der Waals surface area contributed by atoms with Crippen LogP contribution < -0.4 is 10.9 Å². The van der Waals surface area contributed by atoms with E-state index in [0.29, 0.717) is 6.04 Å². The highest BCUT2D eigenvalue weighted by Crippen LogP contribution is 2.15. The van der Waals surface area contributed by atoms with E-state index in [2.05, 4.69) is 34.4 Å². The van der Waals surface area contributed by atoms with Crippen LogP contribution in [0.3, 0.4) is 0 Å². The zero-order chi connectivity index (χ0) is 13.1. The van der Waals surface area contributed by atoms with E-state index in [0.717, 1.165) is 19.4 Å². The van der Waals surface area contributed by atoms with Crippen molar-refractivity contribution in [2.75, 3.05) is 13.6 Å². The van der Waals surface area contributed by atoms with Gasteiger partial charge in [0.05, 0.1) is 0 Å². The maximum atomic E-state index is 11.9. The first-order valence-corrected chi connectivity index (χ1v) is 6.13. The van der Waals surface area contributed by atoms with Crippen LogP contribution in [0.15, 0.2) is 16.9 Å². The Bertz CT molecular complexity index is 465. The Morgan fingerprint density at radius 3 is 2.94 bits per heavy atom. The van der Waals surface area contributed by atoms with E-state index in [9.17, 15) is 9.59 Å². The molecule has 1 fully saturated rings. The van der Waals surface area contributed by atoms with Gasteiger partial charge in [-0.1, -0.05) is 0 Å². The molecule has 18 heavy (non-hydrogen) atoms. The first-order chi connectivity index (χ1) is 8.56. The highest BCUT2D eigenvalue weighted by atomic mass is 16.2. The SMILES string of the molecule is CC1CC(NC(=O)c2ccc(=O)[nH]n2)CCN1C. The van der Waals surface area contributed by atoms with Crippen molar-refractivity contribution in [2.24, 2.45) is 0 Å². The lowest BCUT2D eigenvalue weighted by Crippen LogP contribution is -2.47. The van der Waals surface area contributed by atoms with Gasteiger partial charge in [0.1, 0.15) is 5.69 Å². The second-order valence-electron chi connectivity index (χ2n) is 4.83. The molecule has 0 radical (unpaired) electrons. The van der Waals surface area contributed by atoms with Crippen LogP contribution in [0.5, 0.6) is 0 Å². The van der Waals surface area contributed by atoms with Gasteiger partial charge in [0, 0.05) is 24.7 Å². The first-order valence-electron chi connectivity index (χ1n) is 6.13. The standard InChI is InChI=1S/C12H18N4O2/c1-8-7-9(5-6-16(8)2)13-12(18)10-3-4-11(17)15-14-10/h3-4,8-9H,5-7H2,1-2H3,(H,13,18)(H,15,17). The fourth-order valence-corrected chi connectivity index (χ4v) is 2.15. The smallest absolute Gasteiger partial charge is 0.271 e. The van der Waals surface area contributed by atoms with Crippen LogP contribution in [0.1, 0.15) is 30.3 Å². The van der Waals surface area contributed by atoms with Gasteiger partial charge in [0.2, 0.25) is 0 Å². The van der Waals surface area contributed by atoms with Crippen molar-refractivity contribution >= 4 is 5.91 Å². The number of H-pyrrole nitrogens is 1. The van der Waals surface area contributed by atoms with Crippen molar-refractivity contribution in [2.45, 2.75) is 31.8 Å². The maximum absolute atomic E-state index is 11.9. The Balaban J connectivity index is 1.95. The summed E-state index contributed by atoms with van der Waals surface area (Å²) in [7, 11) is 2.09. The molecule has 6 heteroatoms. The molecule has 1 aliphatic heterocycles. The second kappa shape index (κ2) is 5.30. The number of hydrogen-bond donors (Lipinski definition) is 2. The first kappa shape index (κ1) is 12.8. The molecule has 0 aromatic carbocycles. The molecule has 2 rings (SSSR count). The third-order valence-electron chi connectivity index (χ3n) is 3.46. The molecule has 98 valence electrons. The zero-order valence-electron chi connectivity index (χ0n) is 10.6. The molecule has 2 atom stereocenters. The number of rotatable bonds is 2. The molecule has 0 saturated carbocycles. The Morgan fingerprint density at radius 2 is 2.33 bits per heavy atom. The van der Waals surface area contributed by atoms with Gasteiger partial charge in [0.25, 0.3) is 11.5 Å². The summed E-state index contributed by atoms with van der Waals surface area (Å²) in [6, 6.07) is 3.39. The molecule has 2 unspecified atom stereocenters. The minimum absolute atomic E-state index is 0.178. The summed E-state index contributed by atoms with van der Waals surface area (Å²) in [5, 5.41) is 8.93. The maximum Gasteiger partial charge on any atom is 0.271 e. The van der Waals surface area contributed by atoms with E-state index >= 15 is 0 Å². The number of piperidine rings is 1. The number of aromatic amines is 1. The molecule has 1 aromatic heterocycles. The molecule has 0 bridgehead atoms. The van der Waals surface area contributed by atoms with Gasteiger partial charge in [0.15, 0.2) is 0 Å². The third-order valence-corrected chi connectivity index (χ3v) is 3.46. The van der Waals surface area contributed by atoms with E-state index in [1.54, 1.807) is 0 Å². The van der Waals surface area contributed by atoms with Crippen molar-refractivity contribution in [1.29, 1.82) is 0 Å². The Hall–Kier alpha value is -1.69. The summed E-state index contributed by atoms with van der Waals surface area (Å²) in [6.07, 6.45) is 1.88. The minimum Gasteiger partial charge on any atom is -0.348 e. The quantitative estimate of drug-likeness (QED) is 0.773. The number of aromatic nitrogens is 2. The van der Waals surface area contributed by atoms with E-state index < -0.39 is 0 Å². The lowest BCUT2D eigenvalue weighted by atomic mass is 9.99. The summed E-state index contributed by atoms with van der Waals surface area (Å²) in [5.74, 6) is -0.229. The van der Waals surface area contributed by atoms with Crippen LogP contribution in [0, 0.1) is 0 Å². The molecule has 0 spiro atoms. The van der Waals surface area contributed by atoms with Gasteiger partial charge in [-0.3, -0.25) is 9.59 Å². The second-order valence-corrected chi connectivity index (χ2v) is 4.83. The summed E-state index contributed by atoms with van der Waals surface area (Å²) in [4.78, 5) is 25.0. The predicted octanol–water partition coefficient (Wildman–Crippen LogP) is -0.0176. The van der Waals surface area contributed by atoms with E-state index in [4.69, 9.17) is 0 Å². The normalized spacial score (nSPS) is 24.8. The zero-order valence-corrected chi connectivity index (χ0v) is 10.6. The Kier molecular flexibility index (Phi) is 3.76. The Labute approximate surface area is 105 Å². The molecular weight excluding hydrogens is 232 g/mol. The summed E-state index contributed by atoms with van der Waals surface area (Å²) in [6.45, 7) is 3.13. The number of hydrogen-bond acceptors (Lipinski definition) is 4. The monoisotopic (exact) mass is 250 g/mol. The largest absolute Gasteiger partial charge is 0.348 e. The molecule has 0 aliphatic carbocycles. The average molecular weight is 250 g/mol. The van der Waals surface area contributed by atoms with E-state index in [-0.39, 0.29) is 23.2 Å². The van der Waals surface area contributed by atoms with Gasteiger partial charge < -0.3 is 10.2 Å². The fourth-order valence-electron chi connectivity index (χ4n) is 2.15. The molecule has 6 nitrogen and oxygen atoms in total. The van der Waals surface area contributed by atoms with Crippen molar-refractivity contribution in [3.8, 4) is 0 Å². The van der Waals surface area contributed by atoms with Gasteiger partial charge in [-0.15, -0.1) is 0 Å². The molecule has 1 amide bonds. The van der Waals surface area contributed by atoms with Crippen LogP contribution in [0.2, 0.25) is 0 Å². The van der Waals surface area contributed by atoms with Crippen LogP contribution in [-0.4, -0.2) is 46.7 Å². The van der Waals surface area contributed by atoms with Crippen LogP contribution in [-0.2, 0) is 0 Å². The minimum atomic E-state index is -0.306. The number of nitrogens with one attached hydrogen (secondary N) is 2. The topological polar surface area (TPSA) is 78.1 Å². The number of likely N-dealkylation sites (tertiary alicyclic amines) is 1. The lowest BCUT2D eigenvalue weighted by molar-refractivity contribution is 0.0890. The average Bonchev–Trinajstić information content (AvgIpc) is 2.34. The third kappa shape index (κ3) is 2.95. The molecule has 1 saturated heterocycles. The number of carbonyl (C=O) groups excluding carboxylic acids is 1. The van der Waals surface area contributed by atoms with E-state index in [1.807, 2.05) is 0 Å². The summed E-state index contributed by atoms with van der Waals surface area (Å²) < 4.78 is 0. The molecule has 1 aromatic rings. The summed E-state index contributed by atoms with van der Waals surface area (Å²) >= 11 is 0. The van der Waals surface area contributed by atoms with Crippen LogP contribution in [0.25, 0.3) is 0 Å². The highest BCUT2D eigenvalue weighted by Gasteiger charge is 2.24. The molecule has 1 aliphatic rings. The number of carbonyl (C=O) groups is 1. The van der Waals surface area contributed by atoms with Crippen molar-refractivity contribution in [3.05, 3.63) is 28.2 Å². The Morgan fingerprint density at radius 1 is 1.56 bits per heavy atom. The molecular formula is C12H18N4O2. The van der Waals surface area contributed by atoms with Crippen molar-refractivity contribution in [1.82, 2.24) is 20.4 Å². The summed E-state index contributed by atoms with van der Waals surface area (Å²) in [5.41, 5.74) is -0.0550. The number of amides is 1. The van der Waals surface area contributed by atoms with Crippen molar-refractivity contribution < 1.29 is 4.79 Å². The number of nitrogens with zero attached hydrogens (tertiary/aromatic N) is 2. The van der Waals surface area contributed by atoms with Crippen LogP contribution >= 0.6 is 0 Å². The van der Waals surface area contributed by atoms with Gasteiger partial charge in [-0.25, -0.2) is 5.10 Å². The molecule has 2 heterocycles. The highest BCUT2D eigenvalue weighted by molar-refractivity contribution is 5.92. The van der Waals surface area contributed by atoms with Gasteiger partial charge in [-0.05, 0) is 32.9 Å². The fraction of sp³-hybridized carbons (Fsp3) is 0.583. The molecule has 2 N–H and O–H groups in total. The van der Waals surface area contributed by atoms with E-state index in [1.165, 1.54) is 12.1 Å². The lowest BCUT2D eigenvalue weighted by Gasteiger charge is -2.35. The van der Waals surface area contributed by atoms with Gasteiger partial charge in [-0.2, -0.15) is 5.10 Å². The van der Waals surface area contributed by atoms with Gasteiger partial charge >= 0.3 is 0 Å².